The van der Waals surface area contributed by atoms with Crippen molar-refractivity contribution in [1.29, 1.82) is 0 Å². The monoisotopic (exact) mass is 315 g/mol. The fourth-order valence-electron chi connectivity index (χ4n) is 1.32. The Morgan fingerprint density at radius 1 is 1.20 bits per heavy atom. The van der Waals surface area contributed by atoms with Gasteiger partial charge in [-0.1, -0.05) is 12.1 Å². The predicted octanol–water partition coefficient (Wildman–Crippen LogP) is 1.40. The van der Waals surface area contributed by atoms with Crippen LogP contribution in [0.1, 0.15) is 5.56 Å². The number of rotatable bonds is 7. The Morgan fingerprint density at radius 3 is 2.20 bits per heavy atom. The van der Waals surface area contributed by atoms with Crippen molar-refractivity contribution in [2.45, 2.75) is 23.7 Å². The maximum absolute atomic E-state index is 12.7. The SMILES string of the molecule is O=S(=O)(NCC(F)(F)C(F)F)c1ccc(CCO)cc1. The van der Waals surface area contributed by atoms with Crippen LogP contribution in [0.3, 0.4) is 0 Å². The van der Waals surface area contributed by atoms with Gasteiger partial charge in [0.1, 0.15) is 0 Å². The van der Waals surface area contributed by atoms with E-state index in [1.54, 1.807) is 0 Å². The highest BCUT2D eigenvalue weighted by Gasteiger charge is 2.41. The van der Waals surface area contributed by atoms with Crippen LogP contribution in [0.15, 0.2) is 29.2 Å². The van der Waals surface area contributed by atoms with Crippen LogP contribution in [0, 0.1) is 0 Å². The molecule has 0 spiro atoms. The number of nitrogens with one attached hydrogen (secondary N) is 1. The molecule has 0 unspecified atom stereocenters. The summed E-state index contributed by atoms with van der Waals surface area (Å²) in [7, 11) is -4.28. The number of sulfonamides is 1. The maximum atomic E-state index is 12.7. The molecule has 0 bridgehead atoms. The number of hydrogen-bond acceptors (Lipinski definition) is 3. The van der Waals surface area contributed by atoms with E-state index >= 15 is 0 Å². The third-order valence-electron chi connectivity index (χ3n) is 2.45. The first kappa shape index (κ1) is 16.9. The topological polar surface area (TPSA) is 66.4 Å². The molecule has 0 amide bonds. The first-order valence-corrected chi connectivity index (χ1v) is 7.03. The van der Waals surface area contributed by atoms with Gasteiger partial charge in [0.05, 0.1) is 11.4 Å². The average molecular weight is 315 g/mol. The smallest absolute Gasteiger partial charge is 0.320 e. The molecule has 9 heteroatoms. The first-order valence-electron chi connectivity index (χ1n) is 5.54. The normalized spacial score (nSPS) is 12.9. The molecule has 0 saturated heterocycles. The lowest BCUT2D eigenvalue weighted by molar-refractivity contribution is -0.122. The molecule has 0 aliphatic rings. The van der Waals surface area contributed by atoms with Gasteiger partial charge in [0.2, 0.25) is 10.0 Å². The van der Waals surface area contributed by atoms with E-state index in [0.29, 0.717) is 12.0 Å². The van der Waals surface area contributed by atoms with E-state index in [2.05, 4.69) is 0 Å². The van der Waals surface area contributed by atoms with Crippen LogP contribution in [0.4, 0.5) is 17.6 Å². The third kappa shape index (κ3) is 4.43. The number of halogens is 4. The molecule has 0 saturated carbocycles. The van der Waals surface area contributed by atoms with Gasteiger partial charge in [-0.05, 0) is 24.1 Å². The molecule has 0 aliphatic heterocycles. The summed E-state index contributed by atoms with van der Waals surface area (Å²) in [5.74, 6) is -4.43. The fraction of sp³-hybridized carbons (Fsp3) is 0.455. The van der Waals surface area contributed by atoms with Crippen molar-refractivity contribution < 1.29 is 31.1 Å². The van der Waals surface area contributed by atoms with Crippen molar-refractivity contribution >= 4 is 10.0 Å². The summed E-state index contributed by atoms with van der Waals surface area (Å²) in [5.41, 5.74) is 0.657. The Labute approximate surface area is 113 Å². The van der Waals surface area contributed by atoms with Crippen LogP contribution >= 0.6 is 0 Å². The van der Waals surface area contributed by atoms with Gasteiger partial charge in [-0.15, -0.1) is 0 Å². The Balaban J connectivity index is 2.79. The molecular weight excluding hydrogens is 302 g/mol. The van der Waals surface area contributed by atoms with Gasteiger partial charge in [0.25, 0.3) is 0 Å². The number of aliphatic hydroxyl groups is 1. The van der Waals surface area contributed by atoms with Gasteiger partial charge in [-0.3, -0.25) is 0 Å². The van der Waals surface area contributed by atoms with Crippen molar-refractivity contribution in [3.8, 4) is 0 Å². The zero-order valence-corrected chi connectivity index (χ0v) is 11.0. The van der Waals surface area contributed by atoms with Crippen LogP contribution in [0.25, 0.3) is 0 Å². The molecule has 20 heavy (non-hydrogen) atoms. The molecule has 0 heterocycles. The zero-order chi connectivity index (χ0) is 15.4. The molecule has 1 rings (SSSR count). The number of hydrogen-bond donors (Lipinski definition) is 2. The fourth-order valence-corrected chi connectivity index (χ4v) is 2.36. The van der Waals surface area contributed by atoms with E-state index in [9.17, 15) is 26.0 Å². The molecule has 114 valence electrons. The molecule has 1 aromatic carbocycles. The lowest BCUT2D eigenvalue weighted by atomic mass is 10.2. The van der Waals surface area contributed by atoms with E-state index in [4.69, 9.17) is 5.11 Å². The summed E-state index contributed by atoms with van der Waals surface area (Å²) in [6.07, 6.45) is -3.63. The van der Waals surface area contributed by atoms with Gasteiger partial charge in [-0.25, -0.2) is 21.9 Å². The summed E-state index contributed by atoms with van der Waals surface area (Å²) in [6.45, 7) is -1.80. The van der Waals surface area contributed by atoms with E-state index in [0.717, 1.165) is 12.1 Å². The minimum absolute atomic E-state index is 0.120. The van der Waals surface area contributed by atoms with Crippen molar-refractivity contribution in [2.24, 2.45) is 0 Å². The molecule has 0 fully saturated rings. The Morgan fingerprint density at radius 2 is 1.75 bits per heavy atom. The van der Waals surface area contributed by atoms with Crippen molar-refractivity contribution in [1.82, 2.24) is 4.72 Å². The lowest BCUT2D eigenvalue weighted by Gasteiger charge is -2.16. The predicted molar refractivity (Wildman–Crippen MR) is 63.4 cm³/mol. The molecule has 0 aliphatic carbocycles. The lowest BCUT2D eigenvalue weighted by Crippen LogP contribution is -2.41. The molecule has 0 aromatic heterocycles. The number of aliphatic hydroxyl groups excluding tert-OH is 1. The summed E-state index contributed by atoms with van der Waals surface area (Å²) < 4.78 is 73.8. The average Bonchev–Trinajstić information content (AvgIpc) is 2.38. The molecule has 2 N–H and O–H groups in total. The maximum Gasteiger partial charge on any atom is 0.320 e. The van der Waals surface area contributed by atoms with Crippen molar-refractivity contribution in [3.63, 3.8) is 0 Å². The highest BCUT2D eigenvalue weighted by molar-refractivity contribution is 7.89. The van der Waals surface area contributed by atoms with Crippen LogP contribution in [0.2, 0.25) is 0 Å². The van der Waals surface area contributed by atoms with E-state index in [1.165, 1.54) is 16.9 Å². The summed E-state index contributed by atoms with van der Waals surface area (Å²) in [5, 5.41) is 8.69. The standard InChI is InChI=1S/C11H13F4NO3S/c12-10(13)11(14,15)7-16-20(18,19)9-3-1-8(2-4-9)5-6-17/h1-4,10,16-17H,5-7H2. The first-order chi connectivity index (χ1) is 9.19. The number of benzene rings is 1. The Hall–Kier alpha value is -1.19. The van der Waals surface area contributed by atoms with Gasteiger partial charge in [0, 0.05) is 6.61 Å². The van der Waals surface area contributed by atoms with Crippen molar-refractivity contribution in [2.75, 3.05) is 13.2 Å². The molecule has 0 radical (unpaired) electrons. The van der Waals surface area contributed by atoms with Gasteiger partial charge in [-0.2, -0.15) is 8.78 Å². The second kappa shape index (κ2) is 6.51. The Kier molecular flexibility index (Phi) is 5.49. The second-order valence-corrected chi connectivity index (χ2v) is 5.77. The molecule has 0 atom stereocenters. The number of alkyl halides is 4. The third-order valence-corrected chi connectivity index (χ3v) is 3.87. The minimum Gasteiger partial charge on any atom is -0.396 e. The van der Waals surface area contributed by atoms with Crippen molar-refractivity contribution in [3.05, 3.63) is 29.8 Å². The molecule has 4 nitrogen and oxygen atoms in total. The van der Waals surface area contributed by atoms with Crippen LogP contribution < -0.4 is 4.72 Å². The van der Waals surface area contributed by atoms with E-state index < -0.39 is 28.9 Å². The van der Waals surface area contributed by atoms with Crippen LogP contribution in [0.5, 0.6) is 0 Å². The van der Waals surface area contributed by atoms with Gasteiger partial charge < -0.3 is 5.11 Å². The summed E-state index contributed by atoms with van der Waals surface area (Å²) in [6, 6.07) is 5.09. The molecule has 1 aromatic rings. The second-order valence-electron chi connectivity index (χ2n) is 4.00. The molecular formula is C11H13F4NO3S. The van der Waals surface area contributed by atoms with Gasteiger partial charge in [0.15, 0.2) is 0 Å². The summed E-state index contributed by atoms with van der Waals surface area (Å²) >= 11 is 0. The van der Waals surface area contributed by atoms with E-state index in [-0.39, 0.29) is 11.5 Å². The zero-order valence-electron chi connectivity index (χ0n) is 10.2. The highest BCUT2D eigenvalue weighted by atomic mass is 32.2. The van der Waals surface area contributed by atoms with Crippen LogP contribution in [-0.4, -0.2) is 39.0 Å². The van der Waals surface area contributed by atoms with Crippen LogP contribution in [-0.2, 0) is 16.4 Å². The van der Waals surface area contributed by atoms with E-state index in [1.807, 2.05) is 0 Å². The Bertz CT molecular complexity index is 531. The highest BCUT2D eigenvalue weighted by Crippen LogP contribution is 2.22. The quantitative estimate of drug-likeness (QED) is 0.748. The largest absolute Gasteiger partial charge is 0.396 e. The van der Waals surface area contributed by atoms with Gasteiger partial charge >= 0.3 is 12.3 Å². The summed E-state index contributed by atoms with van der Waals surface area (Å²) in [4.78, 5) is -0.316. The minimum atomic E-state index is -4.43.